The van der Waals surface area contributed by atoms with Crippen molar-refractivity contribution in [2.24, 2.45) is 0 Å². The first-order valence-corrected chi connectivity index (χ1v) is 9.10. The number of hydrogen-bond donors (Lipinski definition) is 1. The van der Waals surface area contributed by atoms with Crippen molar-refractivity contribution in [2.75, 3.05) is 12.4 Å². The Kier molecular flexibility index (Phi) is 6.41. The second-order valence-electron chi connectivity index (χ2n) is 5.37. The van der Waals surface area contributed by atoms with Gasteiger partial charge in [0, 0.05) is 17.8 Å². The monoisotopic (exact) mass is 421 g/mol. The van der Waals surface area contributed by atoms with Gasteiger partial charge in [-0.05, 0) is 34.7 Å². The smallest absolute Gasteiger partial charge is 0.354 e. The van der Waals surface area contributed by atoms with Crippen LogP contribution in [-0.2, 0) is 21.7 Å². The Hall–Kier alpha value is -2.22. The minimum absolute atomic E-state index is 0.139. The van der Waals surface area contributed by atoms with E-state index in [1.807, 2.05) is 0 Å². The van der Waals surface area contributed by atoms with Gasteiger partial charge in [0.05, 0.1) is 28.3 Å². The molecule has 0 spiro atoms. The number of nitrogens with one attached hydrogen (secondary N) is 1. The number of anilines is 2. The molecule has 0 aliphatic carbocycles. The summed E-state index contributed by atoms with van der Waals surface area (Å²) in [7, 11) is -1.33. The molecule has 0 heterocycles. The van der Waals surface area contributed by atoms with Gasteiger partial charge in [0.15, 0.2) is 0 Å². The lowest BCUT2D eigenvalue weighted by atomic mass is 10.1. The zero-order valence-corrected chi connectivity index (χ0v) is 15.8. The minimum Gasteiger partial charge on any atom is -0.354 e. The van der Waals surface area contributed by atoms with Gasteiger partial charge in [0.1, 0.15) is 0 Å². The highest BCUT2D eigenvalue weighted by Gasteiger charge is 2.34. The Labute approximate surface area is 158 Å². The number of hydrogen-bond acceptors (Lipinski definition) is 5. The molecule has 1 N–H and O–H groups in total. The Morgan fingerprint density at radius 3 is 2.41 bits per heavy atom. The van der Waals surface area contributed by atoms with E-state index in [-0.39, 0.29) is 21.7 Å². The molecule has 0 aromatic heterocycles. The SMILES string of the molecule is CCc1cc([N+](=O)[O-])c([P+](=O)OC)cc1Nc1ccc(C(F)(F)F)cc1Cl. The van der Waals surface area contributed by atoms with Crippen LogP contribution in [0.2, 0.25) is 5.02 Å². The molecule has 0 saturated heterocycles. The lowest BCUT2D eigenvalue weighted by Gasteiger charge is -2.14. The molecule has 0 radical (unpaired) electrons. The molecule has 0 bridgehead atoms. The van der Waals surface area contributed by atoms with E-state index in [2.05, 4.69) is 5.32 Å². The summed E-state index contributed by atoms with van der Waals surface area (Å²) < 4.78 is 55.0. The molecule has 1 unspecified atom stereocenters. The molecule has 144 valence electrons. The summed E-state index contributed by atoms with van der Waals surface area (Å²) in [5.41, 5.74) is -0.257. The van der Waals surface area contributed by atoms with Gasteiger partial charge in [-0.3, -0.25) is 10.1 Å². The molecule has 2 aromatic rings. The molecule has 0 fully saturated rings. The van der Waals surface area contributed by atoms with Crippen molar-refractivity contribution in [3.63, 3.8) is 0 Å². The summed E-state index contributed by atoms with van der Waals surface area (Å²) >= 11 is 5.94. The Morgan fingerprint density at radius 2 is 1.93 bits per heavy atom. The van der Waals surface area contributed by atoms with Gasteiger partial charge in [-0.15, -0.1) is 4.52 Å². The average molecular weight is 422 g/mol. The Morgan fingerprint density at radius 1 is 1.26 bits per heavy atom. The van der Waals surface area contributed by atoms with Crippen molar-refractivity contribution in [3.8, 4) is 0 Å². The summed E-state index contributed by atoms with van der Waals surface area (Å²) in [6.45, 7) is 1.74. The third-order valence-electron chi connectivity index (χ3n) is 3.71. The molecule has 6 nitrogen and oxygen atoms in total. The molecule has 0 amide bonds. The van der Waals surface area contributed by atoms with E-state index in [4.69, 9.17) is 16.1 Å². The van der Waals surface area contributed by atoms with Gasteiger partial charge in [-0.25, -0.2) is 0 Å². The van der Waals surface area contributed by atoms with Crippen LogP contribution in [0.3, 0.4) is 0 Å². The first-order chi connectivity index (χ1) is 12.6. The van der Waals surface area contributed by atoms with Crippen LogP contribution in [0.4, 0.5) is 30.2 Å². The maximum Gasteiger partial charge on any atom is 0.555 e. The molecule has 27 heavy (non-hydrogen) atoms. The van der Waals surface area contributed by atoms with Crippen molar-refractivity contribution < 1.29 is 27.2 Å². The first-order valence-electron chi connectivity index (χ1n) is 7.55. The van der Waals surface area contributed by atoms with Crippen molar-refractivity contribution in [2.45, 2.75) is 19.5 Å². The molecule has 1 atom stereocenters. The predicted molar refractivity (Wildman–Crippen MR) is 96.5 cm³/mol. The van der Waals surface area contributed by atoms with Crippen LogP contribution in [0.1, 0.15) is 18.1 Å². The minimum atomic E-state index is -4.53. The summed E-state index contributed by atoms with van der Waals surface area (Å²) in [5.74, 6) is 0. The molecule has 0 aliphatic rings. The number of rotatable bonds is 6. The number of aryl methyl sites for hydroxylation is 1. The van der Waals surface area contributed by atoms with E-state index < -0.39 is 24.7 Å². The molecule has 0 saturated carbocycles. The van der Waals surface area contributed by atoms with E-state index >= 15 is 0 Å². The van der Waals surface area contributed by atoms with Gasteiger partial charge in [0.25, 0.3) is 0 Å². The first kappa shape index (κ1) is 21.1. The van der Waals surface area contributed by atoms with E-state index in [1.165, 1.54) is 12.1 Å². The normalized spacial score (nSPS) is 12.0. The van der Waals surface area contributed by atoms with Crippen molar-refractivity contribution >= 4 is 42.0 Å². The number of alkyl halides is 3. The Balaban J connectivity index is 2.52. The van der Waals surface area contributed by atoms with Crippen LogP contribution in [0, 0.1) is 10.1 Å². The maximum atomic E-state index is 12.8. The van der Waals surface area contributed by atoms with Crippen molar-refractivity contribution in [3.05, 3.63) is 56.6 Å². The summed E-state index contributed by atoms with van der Waals surface area (Å²) in [4.78, 5) is 10.6. The fraction of sp³-hybridized carbons (Fsp3) is 0.250. The second-order valence-corrected chi connectivity index (χ2v) is 7.13. The highest BCUT2D eigenvalue weighted by molar-refractivity contribution is 7.48. The van der Waals surface area contributed by atoms with Crippen LogP contribution in [0.15, 0.2) is 30.3 Å². The largest absolute Gasteiger partial charge is 0.555 e. The summed E-state index contributed by atoms with van der Waals surface area (Å²) in [5, 5.41) is 13.8. The molecular formula is C16H14ClF3N2O4P+. The summed E-state index contributed by atoms with van der Waals surface area (Å²) in [6, 6.07) is 5.33. The molecule has 2 rings (SSSR count). The standard InChI is InChI=1S/C16H14ClF3N2O4P/c1-3-9-6-14(22(23)24)15(27(25)26-2)8-13(9)21-12-5-4-10(7-11(12)17)16(18,19)20/h4-8,21H,3H2,1-2H3/q+1. The van der Waals surface area contributed by atoms with Gasteiger partial charge in [0.2, 0.25) is 0 Å². The second kappa shape index (κ2) is 8.21. The van der Waals surface area contributed by atoms with Crippen LogP contribution >= 0.6 is 19.6 Å². The van der Waals surface area contributed by atoms with Gasteiger partial charge < -0.3 is 5.32 Å². The van der Waals surface area contributed by atoms with Crippen LogP contribution in [-0.4, -0.2) is 12.0 Å². The molecular weight excluding hydrogens is 408 g/mol. The van der Waals surface area contributed by atoms with E-state index in [9.17, 15) is 27.9 Å². The van der Waals surface area contributed by atoms with Gasteiger partial charge in [-0.1, -0.05) is 18.5 Å². The van der Waals surface area contributed by atoms with Crippen LogP contribution in [0.5, 0.6) is 0 Å². The van der Waals surface area contributed by atoms with Crippen molar-refractivity contribution in [1.29, 1.82) is 0 Å². The molecule has 11 heteroatoms. The number of benzene rings is 2. The highest BCUT2D eigenvalue weighted by Crippen LogP contribution is 2.37. The fourth-order valence-corrected chi connectivity index (χ4v) is 3.35. The zero-order valence-electron chi connectivity index (χ0n) is 14.1. The third-order valence-corrected chi connectivity index (χ3v) is 5.10. The van der Waals surface area contributed by atoms with E-state index in [1.54, 1.807) is 6.92 Å². The van der Waals surface area contributed by atoms with Gasteiger partial charge >= 0.3 is 25.2 Å². The number of halogens is 4. The molecule has 2 aromatic carbocycles. The van der Waals surface area contributed by atoms with Crippen LogP contribution in [0.25, 0.3) is 0 Å². The number of nitro groups is 1. The van der Waals surface area contributed by atoms with E-state index in [0.29, 0.717) is 17.7 Å². The van der Waals surface area contributed by atoms with Crippen LogP contribution < -0.4 is 10.6 Å². The maximum absolute atomic E-state index is 12.8. The number of nitro benzene ring substituents is 1. The lowest BCUT2D eigenvalue weighted by molar-refractivity contribution is -0.383. The lowest BCUT2D eigenvalue weighted by Crippen LogP contribution is -2.10. The fourth-order valence-electron chi connectivity index (χ4n) is 2.36. The third kappa shape index (κ3) is 4.74. The van der Waals surface area contributed by atoms with Gasteiger partial charge in [-0.2, -0.15) is 13.2 Å². The average Bonchev–Trinajstić information content (AvgIpc) is 2.61. The van der Waals surface area contributed by atoms with Crippen molar-refractivity contribution in [1.82, 2.24) is 0 Å². The predicted octanol–water partition coefficient (Wildman–Crippen LogP) is 5.59. The van der Waals surface area contributed by atoms with E-state index in [0.717, 1.165) is 25.3 Å². The number of nitrogens with zero attached hydrogens (tertiary/aromatic N) is 1. The topological polar surface area (TPSA) is 81.5 Å². The quantitative estimate of drug-likeness (QED) is 0.373. The zero-order chi connectivity index (χ0) is 20.4. The molecule has 0 aliphatic heterocycles. The summed E-state index contributed by atoms with van der Waals surface area (Å²) in [6.07, 6.45) is -4.15. The Bertz CT molecular complexity index is 906. The highest BCUT2D eigenvalue weighted by atomic mass is 35.5.